The minimum absolute atomic E-state index is 0.202. The number of imide groups is 1. The second-order valence-electron chi connectivity index (χ2n) is 7.31. The zero-order valence-corrected chi connectivity index (χ0v) is 20.9. The molecule has 1 heterocycles. The van der Waals surface area contributed by atoms with E-state index in [0.717, 1.165) is 15.6 Å². The van der Waals surface area contributed by atoms with E-state index >= 15 is 0 Å². The smallest absolute Gasteiger partial charge is 0.329 e. The molecule has 0 bridgehead atoms. The van der Waals surface area contributed by atoms with Gasteiger partial charge in [-0.05, 0) is 63.0 Å². The number of benzene rings is 3. The second-order valence-corrected chi connectivity index (χ2v) is 9.08. The maximum absolute atomic E-state index is 12.8. The minimum atomic E-state index is -0.449. The number of halogens is 2. The molecule has 3 amide bonds. The Morgan fingerprint density at radius 2 is 1.70 bits per heavy atom. The molecule has 1 aliphatic rings. The molecule has 1 fully saturated rings. The summed E-state index contributed by atoms with van der Waals surface area (Å²) in [5.41, 5.74) is 2.77. The second kappa shape index (κ2) is 10.2. The quantitative estimate of drug-likeness (QED) is 0.283. The molecule has 0 aromatic heterocycles. The number of carbonyl (C=O) groups excluding carboxylic acids is 2. The first-order valence-electron chi connectivity index (χ1n) is 10.1. The Morgan fingerprint density at radius 3 is 2.39 bits per heavy atom. The number of carbonyl (C=O) groups is 2. The van der Waals surface area contributed by atoms with Crippen molar-refractivity contribution in [2.45, 2.75) is 13.2 Å². The van der Waals surface area contributed by atoms with E-state index in [0.29, 0.717) is 28.1 Å². The summed E-state index contributed by atoms with van der Waals surface area (Å²) < 4.78 is 13.2. The first-order chi connectivity index (χ1) is 15.9. The van der Waals surface area contributed by atoms with Gasteiger partial charge in [0.25, 0.3) is 5.91 Å². The van der Waals surface area contributed by atoms with Gasteiger partial charge >= 0.3 is 6.03 Å². The van der Waals surface area contributed by atoms with Crippen molar-refractivity contribution < 1.29 is 19.1 Å². The summed E-state index contributed by atoms with van der Waals surface area (Å²) in [6.07, 6.45) is 1.62. The maximum Gasteiger partial charge on any atom is 0.329 e. The third-order valence-electron chi connectivity index (χ3n) is 5.01. The number of hydrogen-bond acceptors (Lipinski definition) is 4. The fourth-order valence-electron chi connectivity index (χ4n) is 3.35. The molecule has 3 aromatic rings. The van der Waals surface area contributed by atoms with Crippen molar-refractivity contribution in [3.05, 3.63) is 98.1 Å². The molecular formula is C25H20Br2N2O4. The van der Waals surface area contributed by atoms with Gasteiger partial charge in [-0.2, -0.15) is 0 Å². The molecule has 0 aliphatic carbocycles. The predicted octanol–water partition coefficient (Wildman–Crippen LogP) is 5.89. The van der Waals surface area contributed by atoms with E-state index in [9.17, 15) is 9.59 Å². The molecule has 0 unspecified atom stereocenters. The van der Waals surface area contributed by atoms with Gasteiger partial charge in [0.2, 0.25) is 0 Å². The van der Waals surface area contributed by atoms with Gasteiger partial charge in [-0.15, -0.1) is 0 Å². The highest BCUT2D eigenvalue weighted by molar-refractivity contribution is 9.10. The van der Waals surface area contributed by atoms with E-state index in [4.69, 9.17) is 9.47 Å². The lowest BCUT2D eigenvalue weighted by atomic mass is 10.1. The number of urea groups is 1. The lowest BCUT2D eigenvalue weighted by molar-refractivity contribution is -0.123. The summed E-state index contributed by atoms with van der Waals surface area (Å²) >= 11 is 6.95. The van der Waals surface area contributed by atoms with E-state index in [1.54, 1.807) is 19.3 Å². The summed E-state index contributed by atoms with van der Waals surface area (Å²) in [6.45, 7) is 0.574. The summed E-state index contributed by atoms with van der Waals surface area (Å²) in [7, 11) is 1.55. The minimum Gasteiger partial charge on any atom is -0.493 e. The van der Waals surface area contributed by atoms with E-state index in [-0.39, 0.29) is 18.1 Å². The molecule has 3 aromatic carbocycles. The Bertz CT molecular complexity index is 1210. The molecule has 1 saturated heterocycles. The fourth-order valence-corrected chi connectivity index (χ4v) is 4.19. The van der Waals surface area contributed by atoms with E-state index in [1.807, 2.05) is 60.7 Å². The van der Waals surface area contributed by atoms with Crippen LogP contribution < -0.4 is 14.8 Å². The molecule has 0 spiro atoms. The molecular weight excluding hydrogens is 552 g/mol. The van der Waals surface area contributed by atoms with Gasteiger partial charge in [-0.25, -0.2) is 4.79 Å². The van der Waals surface area contributed by atoms with Crippen LogP contribution in [-0.2, 0) is 17.9 Å². The fraction of sp³-hybridized carbons (Fsp3) is 0.120. The molecule has 33 heavy (non-hydrogen) atoms. The highest BCUT2D eigenvalue weighted by atomic mass is 79.9. The van der Waals surface area contributed by atoms with Gasteiger partial charge in [0.1, 0.15) is 12.3 Å². The van der Waals surface area contributed by atoms with Crippen molar-refractivity contribution >= 4 is 49.9 Å². The topological polar surface area (TPSA) is 67.9 Å². The van der Waals surface area contributed by atoms with Crippen LogP contribution in [0.1, 0.15) is 16.7 Å². The Balaban J connectivity index is 1.53. The highest BCUT2D eigenvalue weighted by Crippen LogP contribution is 2.38. The molecule has 168 valence electrons. The zero-order valence-electron chi connectivity index (χ0n) is 17.7. The first kappa shape index (κ1) is 23.1. The number of nitrogens with one attached hydrogen (secondary N) is 1. The van der Waals surface area contributed by atoms with Crippen molar-refractivity contribution in [3.63, 3.8) is 0 Å². The number of nitrogens with zero attached hydrogens (tertiary/aromatic N) is 1. The van der Waals surface area contributed by atoms with Crippen LogP contribution in [0, 0.1) is 0 Å². The highest BCUT2D eigenvalue weighted by Gasteiger charge is 2.33. The molecule has 6 nitrogen and oxygen atoms in total. The average molecular weight is 572 g/mol. The van der Waals surface area contributed by atoms with Crippen LogP contribution in [0.4, 0.5) is 4.79 Å². The van der Waals surface area contributed by atoms with Gasteiger partial charge in [0.05, 0.1) is 18.1 Å². The van der Waals surface area contributed by atoms with Crippen molar-refractivity contribution in [3.8, 4) is 11.5 Å². The predicted molar refractivity (Wildman–Crippen MR) is 133 cm³/mol. The number of rotatable bonds is 7. The molecule has 8 heteroatoms. The van der Waals surface area contributed by atoms with Crippen molar-refractivity contribution in [1.29, 1.82) is 0 Å². The van der Waals surface area contributed by atoms with Crippen LogP contribution in [0.15, 0.2) is 81.4 Å². The molecule has 0 saturated carbocycles. The van der Waals surface area contributed by atoms with Crippen LogP contribution in [0.2, 0.25) is 0 Å². The number of amides is 3. The molecule has 0 radical (unpaired) electrons. The molecule has 4 rings (SSSR count). The molecule has 1 N–H and O–H groups in total. The van der Waals surface area contributed by atoms with Gasteiger partial charge < -0.3 is 14.8 Å². The Kier molecular flexibility index (Phi) is 7.15. The third-order valence-corrected chi connectivity index (χ3v) is 6.12. The lowest BCUT2D eigenvalue weighted by Crippen LogP contribution is -2.30. The Labute approximate surface area is 208 Å². The zero-order chi connectivity index (χ0) is 23.4. The van der Waals surface area contributed by atoms with Crippen molar-refractivity contribution in [2.75, 3.05) is 7.11 Å². The third kappa shape index (κ3) is 5.46. The van der Waals surface area contributed by atoms with E-state index in [2.05, 4.69) is 37.2 Å². The first-order valence-corrected chi connectivity index (χ1v) is 11.7. The van der Waals surface area contributed by atoms with Crippen LogP contribution >= 0.6 is 31.9 Å². The number of ether oxygens (including phenoxy) is 2. The average Bonchev–Trinajstić information content (AvgIpc) is 3.07. The van der Waals surface area contributed by atoms with Crippen LogP contribution in [-0.4, -0.2) is 23.9 Å². The van der Waals surface area contributed by atoms with E-state index < -0.39 is 6.03 Å². The molecule has 0 atom stereocenters. The van der Waals surface area contributed by atoms with Gasteiger partial charge in [0, 0.05) is 4.47 Å². The Hall–Kier alpha value is -3.10. The number of hydrogen-bond donors (Lipinski definition) is 1. The summed E-state index contributed by atoms with van der Waals surface area (Å²) in [6, 6.07) is 20.3. The lowest BCUT2D eigenvalue weighted by Gasteiger charge is -2.14. The van der Waals surface area contributed by atoms with Gasteiger partial charge in [-0.1, -0.05) is 58.4 Å². The SMILES string of the molecule is COc1cc(/C=C2/NC(=O)N(Cc3ccccc3)C2=O)cc(Br)c1OCc1ccc(Br)cc1. The van der Waals surface area contributed by atoms with E-state index in [1.165, 1.54) is 4.90 Å². The Morgan fingerprint density at radius 1 is 0.970 bits per heavy atom. The van der Waals surface area contributed by atoms with Crippen molar-refractivity contribution in [1.82, 2.24) is 10.2 Å². The van der Waals surface area contributed by atoms with Gasteiger partial charge in [-0.3, -0.25) is 9.69 Å². The summed E-state index contributed by atoms with van der Waals surface area (Å²) in [5.74, 6) is 0.677. The van der Waals surface area contributed by atoms with Crippen LogP contribution in [0.3, 0.4) is 0 Å². The maximum atomic E-state index is 12.8. The normalized spacial score (nSPS) is 14.5. The van der Waals surface area contributed by atoms with Crippen LogP contribution in [0.25, 0.3) is 6.08 Å². The molecule has 1 aliphatic heterocycles. The van der Waals surface area contributed by atoms with Crippen molar-refractivity contribution in [2.24, 2.45) is 0 Å². The monoisotopic (exact) mass is 570 g/mol. The van der Waals surface area contributed by atoms with Crippen LogP contribution in [0.5, 0.6) is 11.5 Å². The standard InChI is InChI=1S/C25H20Br2N2O4/c1-32-22-13-18(11-20(27)23(22)33-15-17-7-9-19(26)10-8-17)12-21-24(30)29(25(31)28-21)14-16-5-3-2-4-6-16/h2-13H,14-15H2,1H3,(H,28,31)/b21-12+. The van der Waals surface area contributed by atoms with Gasteiger partial charge in [0.15, 0.2) is 11.5 Å². The largest absolute Gasteiger partial charge is 0.493 e. The summed E-state index contributed by atoms with van der Waals surface area (Å²) in [5, 5.41) is 2.65. The summed E-state index contributed by atoms with van der Waals surface area (Å²) in [4.78, 5) is 26.4. The number of methoxy groups -OCH3 is 1.